The molecular formula is C17H12ClF3N4O2. The highest BCUT2D eigenvalue weighted by Crippen LogP contribution is 2.33. The Kier molecular flexibility index (Phi) is 5.31. The summed E-state index contributed by atoms with van der Waals surface area (Å²) < 4.78 is 45.5. The number of alkyl halides is 3. The van der Waals surface area contributed by atoms with E-state index in [1.54, 1.807) is 24.3 Å². The van der Waals surface area contributed by atoms with Crippen LogP contribution in [0.5, 0.6) is 5.75 Å². The molecule has 2 aromatic carbocycles. The lowest BCUT2D eigenvalue weighted by atomic mass is 10.1. The summed E-state index contributed by atoms with van der Waals surface area (Å²) in [7, 11) is 0. The van der Waals surface area contributed by atoms with Crippen LogP contribution in [0.4, 0.5) is 18.9 Å². The van der Waals surface area contributed by atoms with E-state index in [4.69, 9.17) is 16.3 Å². The highest BCUT2D eigenvalue weighted by molar-refractivity contribution is 6.30. The van der Waals surface area contributed by atoms with E-state index in [2.05, 4.69) is 15.4 Å². The zero-order valence-electron chi connectivity index (χ0n) is 13.6. The average Bonchev–Trinajstić information content (AvgIpc) is 3.15. The predicted molar refractivity (Wildman–Crippen MR) is 91.9 cm³/mol. The van der Waals surface area contributed by atoms with Crippen LogP contribution in [-0.4, -0.2) is 27.3 Å². The molecule has 27 heavy (non-hydrogen) atoms. The van der Waals surface area contributed by atoms with Gasteiger partial charge in [0.1, 0.15) is 18.4 Å². The lowest BCUT2D eigenvalue weighted by molar-refractivity contribution is -0.137. The Hall–Kier alpha value is -3.07. The number of amides is 1. The van der Waals surface area contributed by atoms with Crippen LogP contribution < -0.4 is 10.1 Å². The van der Waals surface area contributed by atoms with Crippen molar-refractivity contribution in [1.82, 2.24) is 14.8 Å². The molecule has 0 aliphatic heterocycles. The second kappa shape index (κ2) is 7.67. The molecule has 0 aliphatic rings. The number of ether oxygens (including phenoxy) is 1. The third kappa shape index (κ3) is 4.76. The van der Waals surface area contributed by atoms with Gasteiger partial charge < -0.3 is 10.1 Å². The molecule has 3 rings (SSSR count). The molecule has 1 N–H and O–H groups in total. The fourth-order valence-corrected chi connectivity index (χ4v) is 2.34. The van der Waals surface area contributed by atoms with Gasteiger partial charge in [-0.25, -0.2) is 9.67 Å². The Labute approximate surface area is 156 Å². The fourth-order valence-electron chi connectivity index (χ4n) is 2.21. The van der Waals surface area contributed by atoms with E-state index in [-0.39, 0.29) is 11.4 Å². The summed E-state index contributed by atoms with van der Waals surface area (Å²) in [4.78, 5) is 15.9. The Morgan fingerprint density at radius 3 is 2.56 bits per heavy atom. The van der Waals surface area contributed by atoms with Crippen molar-refractivity contribution in [3.63, 3.8) is 0 Å². The molecule has 0 unspecified atom stereocenters. The number of benzene rings is 2. The summed E-state index contributed by atoms with van der Waals surface area (Å²) in [6.07, 6.45) is -2.02. The lowest BCUT2D eigenvalue weighted by Gasteiger charge is -2.14. The molecule has 0 radical (unpaired) electrons. The van der Waals surface area contributed by atoms with Crippen molar-refractivity contribution in [2.24, 2.45) is 0 Å². The second-order valence-electron chi connectivity index (χ2n) is 5.36. The third-order valence-corrected chi connectivity index (χ3v) is 3.70. The van der Waals surface area contributed by atoms with Crippen molar-refractivity contribution in [3.8, 4) is 11.4 Å². The van der Waals surface area contributed by atoms with Gasteiger partial charge in [0.15, 0.2) is 6.61 Å². The van der Waals surface area contributed by atoms with E-state index in [1.807, 2.05) is 0 Å². The van der Waals surface area contributed by atoms with E-state index in [0.29, 0.717) is 10.8 Å². The van der Waals surface area contributed by atoms with Gasteiger partial charge in [0.25, 0.3) is 5.91 Å². The van der Waals surface area contributed by atoms with Gasteiger partial charge in [0, 0.05) is 5.02 Å². The number of nitrogens with one attached hydrogen (secondary N) is 1. The first-order valence-electron chi connectivity index (χ1n) is 7.57. The van der Waals surface area contributed by atoms with Crippen molar-refractivity contribution < 1.29 is 22.7 Å². The minimum Gasteiger partial charge on any atom is -0.484 e. The molecule has 1 amide bonds. The molecule has 0 aliphatic carbocycles. The van der Waals surface area contributed by atoms with Gasteiger partial charge in [-0.15, -0.1) is 0 Å². The lowest BCUT2D eigenvalue weighted by Crippen LogP contribution is -2.21. The van der Waals surface area contributed by atoms with Crippen LogP contribution in [0.25, 0.3) is 5.69 Å². The van der Waals surface area contributed by atoms with Gasteiger partial charge in [0.2, 0.25) is 0 Å². The number of halogens is 4. The molecular weight excluding hydrogens is 385 g/mol. The summed E-state index contributed by atoms with van der Waals surface area (Å²) >= 11 is 5.76. The minimum atomic E-state index is -4.56. The van der Waals surface area contributed by atoms with Gasteiger partial charge in [-0.1, -0.05) is 11.6 Å². The molecule has 10 heteroatoms. The average molecular weight is 397 g/mol. The van der Waals surface area contributed by atoms with Gasteiger partial charge in [0.05, 0.1) is 16.9 Å². The number of anilines is 1. The molecule has 0 saturated carbocycles. The van der Waals surface area contributed by atoms with Crippen LogP contribution in [0.3, 0.4) is 0 Å². The van der Waals surface area contributed by atoms with Crippen molar-refractivity contribution in [2.75, 3.05) is 11.9 Å². The number of carbonyl (C=O) groups is 1. The molecule has 0 saturated heterocycles. The van der Waals surface area contributed by atoms with Crippen LogP contribution in [-0.2, 0) is 11.0 Å². The number of nitrogens with zero attached hydrogens (tertiary/aromatic N) is 3. The van der Waals surface area contributed by atoms with Crippen LogP contribution >= 0.6 is 11.6 Å². The van der Waals surface area contributed by atoms with Crippen LogP contribution in [0.1, 0.15) is 5.56 Å². The van der Waals surface area contributed by atoms with Gasteiger partial charge in [-0.2, -0.15) is 18.3 Å². The molecule has 6 nitrogen and oxygen atoms in total. The quantitative estimate of drug-likeness (QED) is 0.709. The summed E-state index contributed by atoms with van der Waals surface area (Å²) in [5.41, 5.74) is -0.736. The summed E-state index contributed by atoms with van der Waals surface area (Å²) in [5, 5.41) is 6.80. The Morgan fingerprint density at radius 1 is 1.19 bits per heavy atom. The van der Waals surface area contributed by atoms with Gasteiger partial charge >= 0.3 is 6.18 Å². The van der Waals surface area contributed by atoms with E-state index in [9.17, 15) is 18.0 Å². The van der Waals surface area contributed by atoms with Crippen LogP contribution in [0.15, 0.2) is 55.1 Å². The second-order valence-corrected chi connectivity index (χ2v) is 5.80. The highest BCUT2D eigenvalue weighted by atomic mass is 35.5. The van der Waals surface area contributed by atoms with E-state index in [1.165, 1.54) is 23.4 Å². The monoisotopic (exact) mass is 396 g/mol. The number of hydrogen-bond donors (Lipinski definition) is 1. The largest absolute Gasteiger partial charge is 0.484 e. The Morgan fingerprint density at radius 2 is 1.93 bits per heavy atom. The standard InChI is InChI=1S/C17H12ClF3N4O2/c18-12-2-4-13(5-3-12)27-8-16(26)24-14-7-11(17(19,20)21)1-6-15(14)25-10-22-9-23-25/h1-7,9-10H,8H2,(H,24,26). The number of carbonyl (C=O) groups excluding carboxylic acids is 1. The van der Waals surface area contributed by atoms with Crippen molar-refractivity contribution >= 4 is 23.2 Å². The summed E-state index contributed by atoms with van der Waals surface area (Å²) in [6.45, 7) is -0.394. The maximum atomic E-state index is 13.0. The highest BCUT2D eigenvalue weighted by Gasteiger charge is 2.31. The molecule has 0 bridgehead atoms. The van der Waals surface area contributed by atoms with Crippen molar-refractivity contribution in [1.29, 1.82) is 0 Å². The Balaban J connectivity index is 1.79. The molecule has 0 fully saturated rings. The minimum absolute atomic E-state index is 0.0694. The first-order valence-corrected chi connectivity index (χ1v) is 7.95. The molecule has 140 valence electrons. The topological polar surface area (TPSA) is 69.0 Å². The van der Waals surface area contributed by atoms with E-state index in [0.717, 1.165) is 12.1 Å². The molecule has 3 aromatic rings. The number of rotatable bonds is 5. The first-order chi connectivity index (χ1) is 12.8. The number of aromatic nitrogens is 3. The van der Waals surface area contributed by atoms with Crippen molar-refractivity contribution in [3.05, 3.63) is 65.7 Å². The summed E-state index contributed by atoms with van der Waals surface area (Å²) in [5.74, 6) is -0.235. The predicted octanol–water partition coefficient (Wildman–Crippen LogP) is 3.96. The van der Waals surface area contributed by atoms with Crippen LogP contribution in [0.2, 0.25) is 5.02 Å². The fraction of sp³-hybridized carbons (Fsp3) is 0.118. The molecule has 1 heterocycles. The third-order valence-electron chi connectivity index (χ3n) is 3.45. The normalized spacial score (nSPS) is 11.3. The van der Waals surface area contributed by atoms with E-state index >= 15 is 0 Å². The van der Waals surface area contributed by atoms with Crippen molar-refractivity contribution in [2.45, 2.75) is 6.18 Å². The Bertz CT molecular complexity index is 928. The zero-order valence-corrected chi connectivity index (χ0v) is 14.3. The van der Waals surface area contributed by atoms with Crippen LogP contribution in [0, 0.1) is 0 Å². The first kappa shape index (κ1) is 18.7. The van der Waals surface area contributed by atoms with Gasteiger partial charge in [-0.05, 0) is 42.5 Å². The number of hydrogen-bond acceptors (Lipinski definition) is 4. The maximum absolute atomic E-state index is 13.0. The summed E-state index contributed by atoms with van der Waals surface area (Å²) in [6, 6.07) is 9.25. The molecule has 0 spiro atoms. The maximum Gasteiger partial charge on any atom is 0.416 e. The molecule has 1 aromatic heterocycles. The van der Waals surface area contributed by atoms with Gasteiger partial charge in [-0.3, -0.25) is 4.79 Å². The molecule has 0 atom stereocenters. The SMILES string of the molecule is O=C(COc1ccc(Cl)cc1)Nc1cc(C(F)(F)F)ccc1-n1cncn1. The van der Waals surface area contributed by atoms with E-state index < -0.39 is 24.3 Å². The zero-order chi connectivity index (χ0) is 19.4. The smallest absolute Gasteiger partial charge is 0.416 e.